The van der Waals surface area contributed by atoms with E-state index in [1.165, 1.54) is 0 Å². The Bertz CT molecular complexity index is 508. The lowest BCUT2D eigenvalue weighted by Gasteiger charge is -2.19. The number of amides is 1. The maximum atomic E-state index is 11.4. The van der Waals surface area contributed by atoms with Crippen molar-refractivity contribution in [2.75, 3.05) is 6.54 Å². The summed E-state index contributed by atoms with van der Waals surface area (Å²) in [5.41, 5.74) is 1.04. The van der Waals surface area contributed by atoms with E-state index >= 15 is 0 Å². The number of carbonyl (C=O) groups is 1. The Labute approximate surface area is 113 Å². The first-order chi connectivity index (χ1) is 8.90. The SMILES string of the molecule is CC(C)(C)OC(=O)NCC=Cc1cccc(C#N)c1. The van der Waals surface area contributed by atoms with Crippen molar-refractivity contribution >= 4 is 12.2 Å². The zero-order valence-electron chi connectivity index (χ0n) is 11.4. The second kappa shape index (κ2) is 6.60. The predicted octanol–water partition coefficient (Wildman–Crippen LogP) is 3.10. The average molecular weight is 258 g/mol. The van der Waals surface area contributed by atoms with Crippen LogP contribution in [-0.2, 0) is 4.74 Å². The molecule has 0 spiro atoms. The first-order valence-corrected chi connectivity index (χ1v) is 6.04. The van der Waals surface area contributed by atoms with Crippen molar-refractivity contribution in [1.29, 1.82) is 5.26 Å². The molecule has 4 heteroatoms. The summed E-state index contributed by atoms with van der Waals surface area (Å²) >= 11 is 0. The van der Waals surface area contributed by atoms with Gasteiger partial charge >= 0.3 is 6.09 Å². The lowest BCUT2D eigenvalue weighted by molar-refractivity contribution is 0.0534. The molecule has 0 saturated carbocycles. The smallest absolute Gasteiger partial charge is 0.407 e. The van der Waals surface area contributed by atoms with Crippen LogP contribution in [0.4, 0.5) is 4.79 Å². The van der Waals surface area contributed by atoms with E-state index in [0.29, 0.717) is 12.1 Å². The van der Waals surface area contributed by atoms with Crippen molar-refractivity contribution in [3.05, 3.63) is 41.5 Å². The third-order valence-corrected chi connectivity index (χ3v) is 2.09. The second-order valence-electron chi connectivity index (χ2n) is 5.02. The van der Waals surface area contributed by atoms with Gasteiger partial charge in [-0.25, -0.2) is 4.79 Å². The molecule has 0 saturated heterocycles. The molecule has 4 nitrogen and oxygen atoms in total. The van der Waals surface area contributed by atoms with E-state index in [9.17, 15) is 4.79 Å². The van der Waals surface area contributed by atoms with Gasteiger partial charge in [-0.15, -0.1) is 0 Å². The highest BCUT2D eigenvalue weighted by molar-refractivity contribution is 5.68. The number of nitrogens with zero attached hydrogens (tertiary/aromatic N) is 1. The first-order valence-electron chi connectivity index (χ1n) is 6.04. The Hall–Kier alpha value is -2.28. The van der Waals surface area contributed by atoms with Crippen molar-refractivity contribution in [3.63, 3.8) is 0 Å². The monoisotopic (exact) mass is 258 g/mol. The number of hydrogen-bond donors (Lipinski definition) is 1. The molecule has 1 aromatic rings. The standard InChI is InChI=1S/C15H18N2O2/c1-15(2,3)19-14(18)17-9-5-8-12-6-4-7-13(10-12)11-16/h4-8,10H,9H2,1-3H3,(H,17,18). The molecule has 19 heavy (non-hydrogen) atoms. The largest absolute Gasteiger partial charge is 0.444 e. The molecule has 1 amide bonds. The minimum Gasteiger partial charge on any atom is -0.444 e. The molecule has 1 N–H and O–H groups in total. The van der Waals surface area contributed by atoms with E-state index in [-0.39, 0.29) is 0 Å². The van der Waals surface area contributed by atoms with Gasteiger partial charge in [0.15, 0.2) is 0 Å². The number of alkyl carbamates (subject to hydrolysis) is 1. The van der Waals surface area contributed by atoms with Gasteiger partial charge in [-0.1, -0.05) is 24.3 Å². The molecular formula is C15H18N2O2. The number of nitrogens with one attached hydrogen (secondary N) is 1. The molecule has 0 aliphatic carbocycles. The van der Waals surface area contributed by atoms with E-state index in [4.69, 9.17) is 10.00 Å². The molecule has 0 unspecified atom stereocenters. The first kappa shape index (κ1) is 14.8. The zero-order chi connectivity index (χ0) is 14.3. The summed E-state index contributed by atoms with van der Waals surface area (Å²) in [6, 6.07) is 9.32. The van der Waals surface area contributed by atoms with E-state index in [2.05, 4.69) is 11.4 Å². The summed E-state index contributed by atoms with van der Waals surface area (Å²) < 4.78 is 5.10. The van der Waals surface area contributed by atoms with Gasteiger partial charge in [0.1, 0.15) is 5.60 Å². The fraction of sp³-hybridized carbons (Fsp3) is 0.333. The topological polar surface area (TPSA) is 62.1 Å². The molecule has 1 rings (SSSR count). The van der Waals surface area contributed by atoms with Gasteiger partial charge in [-0.3, -0.25) is 0 Å². The van der Waals surface area contributed by atoms with Gasteiger partial charge in [-0.05, 0) is 38.5 Å². The maximum absolute atomic E-state index is 11.4. The quantitative estimate of drug-likeness (QED) is 0.906. The highest BCUT2D eigenvalue weighted by atomic mass is 16.6. The number of hydrogen-bond acceptors (Lipinski definition) is 3. The highest BCUT2D eigenvalue weighted by Crippen LogP contribution is 2.07. The third kappa shape index (κ3) is 6.27. The molecule has 0 fully saturated rings. The summed E-state index contributed by atoms with van der Waals surface area (Å²) in [4.78, 5) is 11.4. The van der Waals surface area contributed by atoms with Gasteiger partial charge in [-0.2, -0.15) is 5.26 Å². The molecule has 100 valence electrons. The molecule has 0 heterocycles. The van der Waals surface area contributed by atoms with E-state index in [0.717, 1.165) is 5.56 Å². The number of carbonyl (C=O) groups excluding carboxylic acids is 1. The molecule has 0 atom stereocenters. The zero-order valence-corrected chi connectivity index (χ0v) is 11.4. The van der Waals surface area contributed by atoms with Crippen LogP contribution in [0, 0.1) is 11.3 Å². The number of ether oxygens (including phenoxy) is 1. The number of rotatable bonds is 3. The maximum Gasteiger partial charge on any atom is 0.407 e. The average Bonchev–Trinajstić information content (AvgIpc) is 2.33. The summed E-state index contributed by atoms with van der Waals surface area (Å²) in [6.45, 7) is 5.83. The van der Waals surface area contributed by atoms with Crippen LogP contribution in [0.5, 0.6) is 0 Å². The molecule has 0 bridgehead atoms. The Morgan fingerprint density at radius 2 is 2.21 bits per heavy atom. The van der Waals surface area contributed by atoms with Crippen LogP contribution in [0.2, 0.25) is 0 Å². The van der Waals surface area contributed by atoms with Crippen molar-refractivity contribution in [2.45, 2.75) is 26.4 Å². The van der Waals surface area contributed by atoms with Gasteiger partial charge in [0.05, 0.1) is 11.6 Å². The van der Waals surface area contributed by atoms with Crippen LogP contribution in [0.3, 0.4) is 0 Å². The highest BCUT2D eigenvalue weighted by Gasteiger charge is 2.14. The lowest BCUT2D eigenvalue weighted by Crippen LogP contribution is -2.32. The van der Waals surface area contributed by atoms with Gasteiger partial charge < -0.3 is 10.1 Å². The van der Waals surface area contributed by atoms with Gasteiger partial charge in [0.25, 0.3) is 0 Å². The minimum atomic E-state index is -0.491. The Kier molecular flexibility index (Phi) is 5.13. The molecule has 0 aliphatic rings. The van der Waals surface area contributed by atoms with Crippen molar-refractivity contribution < 1.29 is 9.53 Å². The van der Waals surface area contributed by atoms with E-state index in [1.807, 2.05) is 39.0 Å². The predicted molar refractivity (Wildman–Crippen MR) is 74.4 cm³/mol. The van der Waals surface area contributed by atoms with Crippen molar-refractivity contribution in [1.82, 2.24) is 5.32 Å². The molecule has 0 radical (unpaired) electrons. The summed E-state index contributed by atoms with van der Waals surface area (Å²) in [5.74, 6) is 0. The fourth-order valence-corrected chi connectivity index (χ4v) is 1.36. The molecule has 0 aromatic heterocycles. The Morgan fingerprint density at radius 1 is 1.47 bits per heavy atom. The fourth-order valence-electron chi connectivity index (χ4n) is 1.36. The summed E-state index contributed by atoms with van der Waals surface area (Å²) in [5, 5.41) is 11.4. The number of benzene rings is 1. The molecule has 1 aromatic carbocycles. The number of nitriles is 1. The van der Waals surface area contributed by atoms with Crippen LogP contribution < -0.4 is 5.32 Å². The van der Waals surface area contributed by atoms with Crippen LogP contribution in [0.15, 0.2) is 30.3 Å². The van der Waals surface area contributed by atoms with Crippen molar-refractivity contribution in [2.24, 2.45) is 0 Å². The minimum absolute atomic E-state index is 0.381. The summed E-state index contributed by atoms with van der Waals surface area (Å²) in [6.07, 6.45) is 3.21. The van der Waals surface area contributed by atoms with Crippen LogP contribution in [0.25, 0.3) is 6.08 Å². The van der Waals surface area contributed by atoms with E-state index < -0.39 is 11.7 Å². The molecule has 0 aliphatic heterocycles. The normalized spacial score (nSPS) is 11.1. The second-order valence-corrected chi connectivity index (χ2v) is 5.02. The summed E-state index contributed by atoms with van der Waals surface area (Å²) in [7, 11) is 0. The Morgan fingerprint density at radius 3 is 2.84 bits per heavy atom. The van der Waals surface area contributed by atoms with Crippen LogP contribution in [-0.4, -0.2) is 18.2 Å². The van der Waals surface area contributed by atoms with E-state index in [1.54, 1.807) is 18.2 Å². The lowest BCUT2D eigenvalue weighted by atomic mass is 10.1. The Balaban J connectivity index is 2.42. The van der Waals surface area contributed by atoms with Gasteiger partial charge in [0, 0.05) is 6.54 Å². The van der Waals surface area contributed by atoms with Gasteiger partial charge in [0.2, 0.25) is 0 Å². The molecular weight excluding hydrogens is 240 g/mol. The van der Waals surface area contributed by atoms with Crippen LogP contribution >= 0.6 is 0 Å². The van der Waals surface area contributed by atoms with Crippen LogP contribution in [0.1, 0.15) is 31.9 Å². The van der Waals surface area contributed by atoms with Crippen molar-refractivity contribution in [3.8, 4) is 6.07 Å². The third-order valence-electron chi connectivity index (χ3n) is 2.09.